The molecule has 1 aromatic carbocycles. The number of carbonyl (C=O) groups excluding carboxylic acids is 1. The fraction of sp³-hybridized carbons (Fsp3) is 0.562. The van der Waals surface area contributed by atoms with Crippen LogP contribution < -0.4 is 5.32 Å². The van der Waals surface area contributed by atoms with Gasteiger partial charge in [-0.25, -0.2) is 9.18 Å². The summed E-state index contributed by atoms with van der Waals surface area (Å²) in [6, 6.07) is 4.28. The Balaban J connectivity index is 1.84. The van der Waals surface area contributed by atoms with Crippen molar-refractivity contribution in [3.8, 4) is 0 Å². The number of hydrogen-bond donors (Lipinski definition) is 2. The maximum absolute atomic E-state index is 13.1. The highest BCUT2D eigenvalue weighted by molar-refractivity contribution is 6.30. The number of halogens is 2. The van der Waals surface area contributed by atoms with Crippen LogP contribution in [0.15, 0.2) is 18.2 Å². The molecule has 0 spiro atoms. The number of hydrogen-bond acceptors (Lipinski definition) is 2. The first-order valence-electron chi connectivity index (χ1n) is 7.57. The third-order valence-electron chi connectivity index (χ3n) is 4.62. The molecular weight excluding hydrogens is 307 g/mol. The van der Waals surface area contributed by atoms with E-state index in [2.05, 4.69) is 12.2 Å². The maximum Gasteiger partial charge on any atom is 0.317 e. The van der Waals surface area contributed by atoms with Gasteiger partial charge in [0, 0.05) is 26.2 Å². The van der Waals surface area contributed by atoms with E-state index in [1.54, 1.807) is 11.0 Å². The molecule has 0 saturated carbocycles. The van der Waals surface area contributed by atoms with Gasteiger partial charge in [0.05, 0.1) is 5.02 Å². The average molecular weight is 329 g/mol. The van der Waals surface area contributed by atoms with Crippen LogP contribution in [0.5, 0.6) is 0 Å². The van der Waals surface area contributed by atoms with E-state index in [1.807, 2.05) is 0 Å². The van der Waals surface area contributed by atoms with Crippen LogP contribution >= 0.6 is 11.6 Å². The number of benzene rings is 1. The van der Waals surface area contributed by atoms with Crippen LogP contribution in [0.1, 0.15) is 31.7 Å². The minimum atomic E-state index is -0.465. The smallest absolute Gasteiger partial charge is 0.317 e. The van der Waals surface area contributed by atoms with Crippen LogP contribution in [0.3, 0.4) is 0 Å². The molecule has 2 N–H and O–H groups in total. The molecule has 1 fully saturated rings. The molecule has 1 saturated heterocycles. The van der Waals surface area contributed by atoms with Gasteiger partial charge < -0.3 is 15.3 Å². The first-order chi connectivity index (χ1) is 10.5. The molecular formula is C16H22ClFN2O2. The van der Waals surface area contributed by atoms with E-state index < -0.39 is 5.82 Å². The lowest BCUT2D eigenvalue weighted by molar-refractivity contribution is 0.0519. The van der Waals surface area contributed by atoms with E-state index in [-0.39, 0.29) is 23.1 Å². The monoisotopic (exact) mass is 328 g/mol. The van der Waals surface area contributed by atoms with Gasteiger partial charge in [0.1, 0.15) is 5.82 Å². The zero-order chi connectivity index (χ0) is 16.2. The number of rotatable bonds is 4. The van der Waals surface area contributed by atoms with Crippen molar-refractivity contribution in [1.29, 1.82) is 0 Å². The Hall–Kier alpha value is -1.33. The second-order valence-electron chi connectivity index (χ2n) is 5.91. The van der Waals surface area contributed by atoms with Crippen molar-refractivity contribution in [2.75, 3.05) is 19.7 Å². The van der Waals surface area contributed by atoms with Crippen molar-refractivity contribution in [3.05, 3.63) is 34.6 Å². The van der Waals surface area contributed by atoms with Gasteiger partial charge in [0.25, 0.3) is 0 Å². The van der Waals surface area contributed by atoms with Crippen LogP contribution in [0.2, 0.25) is 5.02 Å². The fourth-order valence-corrected chi connectivity index (χ4v) is 2.95. The molecule has 0 aliphatic carbocycles. The summed E-state index contributed by atoms with van der Waals surface area (Å²) in [5, 5.41) is 12.4. The highest BCUT2D eigenvalue weighted by Crippen LogP contribution is 2.34. The molecule has 6 heteroatoms. The van der Waals surface area contributed by atoms with Crippen LogP contribution in [0, 0.1) is 11.2 Å². The summed E-state index contributed by atoms with van der Waals surface area (Å²) in [5.74, 6) is -0.465. The summed E-state index contributed by atoms with van der Waals surface area (Å²) in [4.78, 5) is 13.9. The van der Waals surface area contributed by atoms with Gasteiger partial charge >= 0.3 is 6.03 Å². The Morgan fingerprint density at radius 2 is 2.14 bits per heavy atom. The lowest BCUT2D eigenvalue weighted by atomic mass is 9.77. The standard InChI is InChI=1S/C16H22ClFN2O2/c1-2-16(11-21)5-7-20(8-6-16)15(22)19-10-12-3-4-14(18)13(17)9-12/h3-4,9,21H,2,5-8,10-11H2,1H3,(H,19,22). The molecule has 0 bridgehead atoms. The molecule has 0 unspecified atom stereocenters. The van der Waals surface area contributed by atoms with Crippen molar-refractivity contribution in [3.63, 3.8) is 0 Å². The molecule has 4 nitrogen and oxygen atoms in total. The first-order valence-corrected chi connectivity index (χ1v) is 7.95. The number of nitrogens with one attached hydrogen (secondary N) is 1. The van der Waals surface area contributed by atoms with Gasteiger partial charge in [-0.15, -0.1) is 0 Å². The molecule has 1 heterocycles. The molecule has 122 valence electrons. The number of nitrogens with zero attached hydrogens (tertiary/aromatic N) is 1. The maximum atomic E-state index is 13.1. The molecule has 1 aliphatic rings. The van der Waals surface area contributed by atoms with Crippen LogP contribution in [-0.2, 0) is 6.54 Å². The number of piperidine rings is 1. The Kier molecular flexibility index (Phi) is 5.64. The van der Waals surface area contributed by atoms with Gasteiger partial charge in [0.2, 0.25) is 0 Å². The molecule has 1 aromatic rings. The van der Waals surface area contributed by atoms with Crippen molar-refractivity contribution >= 4 is 17.6 Å². The third kappa shape index (κ3) is 3.90. The number of likely N-dealkylation sites (tertiary alicyclic amines) is 1. The average Bonchev–Trinajstić information content (AvgIpc) is 2.55. The van der Waals surface area contributed by atoms with E-state index in [1.165, 1.54) is 12.1 Å². The van der Waals surface area contributed by atoms with Crippen LogP contribution in [-0.4, -0.2) is 35.7 Å². The largest absolute Gasteiger partial charge is 0.396 e. The molecule has 0 aromatic heterocycles. The van der Waals surface area contributed by atoms with Gasteiger partial charge in [-0.1, -0.05) is 24.6 Å². The van der Waals surface area contributed by atoms with Crippen LogP contribution in [0.4, 0.5) is 9.18 Å². The van der Waals surface area contributed by atoms with Crippen molar-refractivity contribution in [1.82, 2.24) is 10.2 Å². The van der Waals surface area contributed by atoms with E-state index in [0.29, 0.717) is 19.6 Å². The second-order valence-corrected chi connectivity index (χ2v) is 6.31. The van der Waals surface area contributed by atoms with Crippen molar-refractivity contribution in [2.45, 2.75) is 32.7 Å². The predicted octanol–water partition coefficient (Wildman–Crippen LogP) is 3.17. The van der Waals surface area contributed by atoms with Gasteiger partial charge in [-0.3, -0.25) is 0 Å². The quantitative estimate of drug-likeness (QED) is 0.892. The number of amides is 2. The summed E-state index contributed by atoms with van der Waals surface area (Å²) >= 11 is 5.72. The summed E-state index contributed by atoms with van der Waals surface area (Å²) in [6.45, 7) is 3.85. The number of urea groups is 1. The molecule has 0 radical (unpaired) electrons. The van der Waals surface area contributed by atoms with Crippen LogP contribution in [0.25, 0.3) is 0 Å². The van der Waals surface area contributed by atoms with Crippen molar-refractivity contribution in [2.24, 2.45) is 5.41 Å². The second kappa shape index (κ2) is 7.29. The van der Waals surface area contributed by atoms with Gasteiger partial charge in [0.15, 0.2) is 0 Å². The minimum absolute atomic E-state index is 0.0404. The lowest BCUT2D eigenvalue weighted by Gasteiger charge is -2.40. The summed E-state index contributed by atoms with van der Waals surface area (Å²) < 4.78 is 13.1. The molecule has 1 aliphatic heterocycles. The lowest BCUT2D eigenvalue weighted by Crippen LogP contribution is -2.48. The number of carbonyl (C=O) groups is 1. The molecule has 22 heavy (non-hydrogen) atoms. The Morgan fingerprint density at radius 1 is 1.45 bits per heavy atom. The number of aliphatic hydroxyl groups is 1. The van der Waals surface area contributed by atoms with Crippen molar-refractivity contribution < 1.29 is 14.3 Å². The highest BCUT2D eigenvalue weighted by atomic mass is 35.5. The Morgan fingerprint density at radius 3 is 2.68 bits per heavy atom. The van der Waals surface area contributed by atoms with Gasteiger partial charge in [-0.2, -0.15) is 0 Å². The van der Waals surface area contributed by atoms with E-state index in [0.717, 1.165) is 24.8 Å². The van der Waals surface area contributed by atoms with Gasteiger partial charge in [-0.05, 0) is 42.4 Å². The zero-order valence-electron chi connectivity index (χ0n) is 12.7. The third-order valence-corrected chi connectivity index (χ3v) is 4.91. The van der Waals surface area contributed by atoms with E-state index >= 15 is 0 Å². The van der Waals surface area contributed by atoms with E-state index in [9.17, 15) is 14.3 Å². The minimum Gasteiger partial charge on any atom is -0.396 e. The zero-order valence-corrected chi connectivity index (χ0v) is 13.5. The predicted molar refractivity (Wildman–Crippen MR) is 84.3 cm³/mol. The fourth-order valence-electron chi connectivity index (χ4n) is 2.75. The summed E-state index contributed by atoms with van der Waals surface area (Å²) in [7, 11) is 0. The topological polar surface area (TPSA) is 52.6 Å². The normalized spacial score (nSPS) is 17.4. The summed E-state index contributed by atoms with van der Waals surface area (Å²) in [5.41, 5.74) is 0.719. The first kappa shape index (κ1) is 17.0. The Bertz CT molecular complexity index is 525. The molecule has 2 rings (SSSR count). The highest BCUT2D eigenvalue weighted by Gasteiger charge is 2.33. The van der Waals surface area contributed by atoms with E-state index in [4.69, 9.17) is 11.6 Å². The summed E-state index contributed by atoms with van der Waals surface area (Å²) in [6.07, 6.45) is 2.55. The number of aliphatic hydroxyl groups excluding tert-OH is 1. The SMILES string of the molecule is CCC1(CO)CCN(C(=O)NCc2ccc(F)c(Cl)c2)CC1. The molecule has 0 atom stereocenters. The molecule has 2 amide bonds. The Labute approximate surface area is 135 Å².